The number of nitrogens with two attached hydrogens (primary N) is 1. The Hall–Kier alpha value is -1.31. The second-order valence-corrected chi connectivity index (χ2v) is 5.24. The molecule has 0 aliphatic carbocycles. The molecule has 0 heterocycles. The van der Waals surface area contributed by atoms with Crippen LogP contribution in [0.15, 0.2) is 42.5 Å². The summed E-state index contributed by atoms with van der Waals surface area (Å²) in [6.45, 7) is 2.75. The standard InChI is InChI=1S/C17H20ClN/c1-2-3-4-13-5-7-14(8-6-13)17-11-16(18)10-9-15(17)12-19/h5-11H,2-4,12,19H2,1H3. The molecular weight excluding hydrogens is 254 g/mol. The minimum atomic E-state index is 0.532. The van der Waals surface area contributed by atoms with Gasteiger partial charge in [-0.1, -0.05) is 55.3 Å². The molecule has 0 aliphatic rings. The molecular formula is C17H20ClN. The molecule has 2 rings (SSSR count). The average molecular weight is 274 g/mol. The molecule has 2 aromatic rings. The van der Waals surface area contributed by atoms with Crippen LogP contribution in [0.3, 0.4) is 0 Å². The van der Waals surface area contributed by atoms with Crippen molar-refractivity contribution in [2.24, 2.45) is 5.73 Å². The van der Waals surface area contributed by atoms with Crippen LogP contribution in [0.2, 0.25) is 5.02 Å². The van der Waals surface area contributed by atoms with Crippen LogP contribution in [-0.2, 0) is 13.0 Å². The van der Waals surface area contributed by atoms with Crippen molar-refractivity contribution in [3.05, 3.63) is 58.6 Å². The van der Waals surface area contributed by atoms with E-state index in [0.29, 0.717) is 6.54 Å². The van der Waals surface area contributed by atoms with Crippen LogP contribution in [0, 0.1) is 0 Å². The lowest BCUT2D eigenvalue weighted by molar-refractivity contribution is 0.795. The Labute approximate surface area is 120 Å². The van der Waals surface area contributed by atoms with E-state index in [1.165, 1.54) is 24.0 Å². The summed E-state index contributed by atoms with van der Waals surface area (Å²) >= 11 is 6.08. The Morgan fingerprint density at radius 2 is 1.79 bits per heavy atom. The second kappa shape index (κ2) is 6.74. The first-order valence-corrected chi connectivity index (χ1v) is 7.20. The third-order valence-electron chi connectivity index (χ3n) is 3.38. The molecule has 0 saturated heterocycles. The highest BCUT2D eigenvalue weighted by molar-refractivity contribution is 6.30. The largest absolute Gasteiger partial charge is 0.326 e. The summed E-state index contributed by atoms with van der Waals surface area (Å²) in [6.07, 6.45) is 3.62. The molecule has 0 fully saturated rings. The predicted molar refractivity (Wildman–Crippen MR) is 83.4 cm³/mol. The lowest BCUT2D eigenvalue weighted by Gasteiger charge is -2.09. The molecule has 0 saturated carbocycles. The summed E-state index contributed by atoms with van der Waals surface area (Å²) < 4.78 is 0. The molecule has 19 heavy (non-hydrogen) atoms. The minimum absolute atomic E-state index is 0.532. The van der Waals surface area contributed by atoms with Gasteiger partial charge in [-0.25, -0.2) is 0 Å². The van der Waals surface area contributed by atoms with E-state index in [2.05, 4.69) is 31.2 Å². The van der Waals surface area contributed by atoms with Crippen molar-refractivity contribution in [2.75, 3.05) is 0 Å². The van der Waals surface area contributed by atoms with Gasteiger partial charge in [0.15, 0.2) is 0 Å². The van der Waals surface area contributed by atoms with E-state index in [0.717, 1.165) is 22.6 Å². The van der Waals surface area contributed by atoms with Crippen LogP contribution < -0.4 is 5.73 Å². The monoisotopic (exact) mass is 273 g/mol. The number of rotatable bonds is 5. The smallest absolute Gasteiger partial charge is 0.0412 e. The third-order valence-corrected chi connectivity index (χ3v) is 3.61. The van der Waals surface area contributed by atoms with Crippen molar-refractivity contribution < 1.29 is 0 Å². The fourth-order valence-corrected chi connectivity index (χ4v) is 2.40. The number of hydrogen-bond acceptors (Lipinski definition) is 1. The van der Waals surface area contributed by atoms with Gasteiger partial charge in [0.2, 0.25) is 0 Å². The van der Waals surface area contributed by atoms with Crippen molar-refractivity contribution in [2.45, 2.75) is 32.7 Å². The summed E-state index contributed by atoms with van der Waals surface area (Å²) in [6, 6.07) is 14.6. The predicted octanol–water partition coefficient (Wildman–Crippen LogP) is 4.81. The van der Waals surface area contributed by atoms with Gasteiger partial charge in [-0.3, -0.25) is 0 Å². The third kappa shape index (κ3) is 3.59. The number of halogens is 1. The molecule has 0 aliphatic heterocycles. The molecule has 0 radical (unpaired) electrons. The van der Waals surface area contributed by atoms with E-state index in [1.54, 1.807) is 0 Å². The molecule has 2 aromatic carbocycles. The quantitative estimate of drug-likeness (QED) is 0.831. The van der Waals surface area contributed by atoms with Gasteiger partial charge in [0.05, 0.1) is 0 Å². The van der Waals surface area contributed by atoms with Gasteiger partial charge in [0, 0.05) is 11.6 Å². The first kappa shape index (κ1) is 14.1. The molecule has 0 unspecified atom stereocenters. The molecule has 0 bridgehead atoms. The van der Waals surface area contributed by atoms with E-state index < -0.39 is 0 Å². The van der Waals surface area contributed by atoms with Gasteiger partial charge in [-0.05, 0) is 47.2 Å². The van der Waals surface area contributed by atoms with E-state index in [4.69, 9.17) is 17.3 Å². The van der Waals surface area contributed by atoms with Crippen LogP contribution in [0.5, 0.6) is 0 Å². The van der Waals surface area contributed by atoms with Gasteiger partial charge in [0.1, 0.15) is 0 Å². The number of aryl methyl sites for hydroxylation is 1. The fourth-order valence-electron chi connectivity index (χ4n) is 2.23. The minimum Gasteiger partial charge on any atom is -0.326 e. The van der Waals surface area contributed by atoms with Gasteiger partial charge in [-0.2, -0.15) is 0 Å². The summed E-state index contributed by atoms with van der Waals surface area (Å²) in [5, 5.41) is 0.752. The number of hydrogen-bond donors (Lipinski definition) is 1. The zero-order valence-electron chi connectivity index (χ0n) is 11.3. The molecule has 0 aromatic heterocycles. The molecule has 0 spiro atoms. The SMILES string of the molecule is CCCCc1ccc(-c2cc(Cl)ccc2CN)cc1. The van der Waals surface area contributed by atoms with Gasteiger partial charge in [0.25, 0.3) is 0 Å². The second-order valence-electron chi connectivity index (χ2n) is 4.81. The normalized spacial score (nSPS) is 10.7. The van der Waals surface area contributed by atoms with Crippen LogP contribution in [-0.4, -0.2) is 0 Å². The average Bonchev–Trinajstić information content (AvgIpc) is 2.45. The first-order chi connectivity index (χ1) is 9.24. The Balaban J connectivity index is 2.29. The first-order valence-electron chi connectivity index (χ1n) is 6.82. The van der Waals surface area contributed by atoms with Crippen molar-refractivity contribution in [1.29, 1.82) is 0 Å². The van der Waals surface area contributed by atoms with E-state index in [9.17, 15) is 0 Å². The summed E-state index contributed by atoms with van der Waals surface area (Å²) in [5.74, 6) is 0. The highest BCUT2D eigenvalue weighted by Crippen LogP contribution is 2.27. The highest BCUT2D eigenvalue weighted by Gasteiger charge is 2.05. The topological polar surface area (TPSA) is 26.0 Å². The van der Waals surface area contributed by atoms with Crippen molar-refractivity contribution in [3.8, 4) is 11.1 Å². The van der Waals surface area contributed by atoms with Crippen molar-refractivity contribution >= 4 is 11.6 Å². The van der Waals surface area contributed by atoms with Gasteiger partial charge < -0.3 is 5.73 Å². The van der Waals surface area contributed by atoms with Crippen molar-refractivity contribution in [3.63, 3.8) is 0 Å². The Morgan fingerprint density at radius 3 is 2.42 bits per heavy atom. The van der Waals surface area contributed by atoms with Crippen LogP contribution in [0.25, 0.3) is 11.1 Å². The van der Waals surface area contributed by atoms with E-state index >= 15 is 0 Å². The Bertz CT molecular complexity index is 531. The maximum atomic E-state index is 6.08. The molecule has 1 nitrogen and oxygen atoms in total. The van der Waals surface area contributed by atoms with Crippen LogP contribution in [0.1, 0.15) is 30.9 Å². The number of benzene rings is 2. The summed E-state index contributed by atoms with van der Waals surface area (Å²) in [5.41, 5.74) is 10.6. The molecule has 2 heteroatoms. The molecule has 100 valence electrons. The fraction of sp³-hybridized carbons (Fsp3) is 0.294. The Kier molecular flexibility index (Phi) is 5.00. The summed E-state index contributed by atoms with van der Waals surface area (Å²) in [4.78, 5) is 0. The molecule has 0 atom stereocenters. The molecule has 2 N–H and O–H groups in total. The molecule has 0 amide bonds. The van der Waals surface area contributed by atoms with Crippen molar-refractivity contribution in [1.82, 2.24) is 0 Å². The van der Waals surface area contributed by atoms with Gasteiger partial charge in [-0.15, -0.1) is 0 Å². The lowest BCUT2D eigenvalue weighted by atomic mass is 9.97. The van der Waals surface area contributed by atoms with Gasteiger partial charge >= 0.3 is 0 Å². The van der Waals surface area contributed by atoms with Crippen LogP contribution >= 0.6 is 11.6 Å². The lowest BCUT2D eigenvalue weighted by Crippen LogP contribution is -1.98. The maximum absolute atomic E-state index is 6.08. The maximum Gasteiger partial charge on any atom is 0.0412 e. The summed E-state index contributed by atoms with van der Waals surface area (Å²) in [7, 11) is 0. The highest BCUT2D eigenvalue weighted by atomic mass is 35.5. The van der Waals surface area contributed by atoms with E-state index in [-0.39, 0.29) is 0 Å². The van der Waals surface area contributed by atoms with Crippen LogP contribution in [0.4, 0.5) is 0 Å². The van der Waals surface area contributed by atoms with E-state index in [1.807, 2.05) is 18.2 Å². The number of unbranched alkanes of at least 4 members (excludes halogenated alkanes) is 1. The zero-order chi connectivity index (χ0) is 13.7. The zero-order valence-corrected chi connectivity index (χ0v) is 12.1. The Morgan fingerprint density at radius 1 is 1.05 bits per heavy atom.